The number of nitrogens with one attached hydrogen (secondary N) is 1. The average molecular weight is 553 g/mol. The van der Waals surface area contributed by atoms with Crippen LogP contribution < -0.4 is 10.2 Å². The van der Waals surface area contributed by atoms with Crippen molar-refractivity contribution in [3.63, 3.8) is 0 Å². The number of fused-ring (bicyclic) bond motifs is 1. The quantitative estimate of drug-likeness (QED) is 0.312. The Hall–Kier alpha value is -4.77. The van der Waals surface area contributed by atoms with Gasteiger partial charge in [-0.25, -0.2) is 19.3 Å². The van der Waals surface area contributed by atoms with Gasteiger partial charge in [0.1, 0.15) is 17.7 Å². The molecule has 11 heteroatoms. The van der Waals surface area contributed by atoms with Crippen LogP contribution in [0.5, 0.6) is 0 Å². The predicted octanol–water partition coefficient (Wildman–Crippen LogP) is 5.26. The van der Waals surface area contributed by atoms with Crippen LogP contribution in [0.2, 0.25) is 0 Å². The minimum atomic E-state index is -0.581. The molecule has 3 aromatic heterocycles. The molecule has 1 fully saturated rings. The SMILES string of the molecule is Cn1ncc2ccc(-c3cc(Nc4ccc(-c5cn(C(=O)OC(C)(C)C)cn5)cc4)nc(N4CCOCC4)n3)cc21. The fraction of sp³-hybridized carbons (Fsp3) is 0.300. The number of nitrogens with zero attached hydrogens (tertiary/aromatic N) is 7. The van der Waals surface area contributed by atoms with Crippen molar-refractivity contribution < 1.29 is 14.3 Å². The Morgan fingerprint density at radius 2 is 1.73 bits per heavy atom. The van der Waals surface area contributed by atoms with E-state index in [1.807, 2.05) is 69.0 Å². The van der Waals surface area contributed by atoms with E-state index in [2.05, 4.69) is 38.5 Å². The molecule has 0 saturated carbocycles. The van der Waals surface area contributed by atoms with Crippen LogP contribution in [0, 0.1) is 0 Å². The normalized spacial score (nSPS) is 13.9. The predicted molar refractivity (Wildman–Crippen MR) is 157 cm³/mol. The van der Waals surface area contributed by atoms with Crippen molar-refractivity contribution >= 4 is 34.4 Å². The molecule has 0 radical (unpaired) electrons. The van der Waals surface area contributed by atoms with E-state index >= 15 is 0 Å². The number of aromatic nitrogens is 6. The molecule has 1 aliphatic heterocycles. The van der Waals surface area contributed by atoms with Crippen molar-refractivity contribution in [1.29, 1.82) is 0 Å². The van der Waals surface area contributed by atoms with E-state index in [4.69, 9.17) is 19.4 Å². The van der Waals surface area contributed by atoms with E-state index < -0.39 is 11.7 Å². The summed E-state index contributed by atoms with van der Waals surface area (Å²) < 4.78 is 14.2. The Labute approximate surface area is 237 Å². The minimum absolute atomic E-state index is 0.465. The zero-order valence-corrected chi connectivity index (χ0v) is 23.5. The van der Waals surface area contributed by atoms with E-state index in [0.29, 0.717) is 30.7 Å². The molecule has 0 atom stereocenters. The number of imidazole rings is 1. The molecule has 6 rings (SSSR count). The van der Waals surface area contributed by atoms with Crippen molar-refractivity contribution in [3.8, 4) is 22.5 Å². The number of hydrogen-bond acceptors (Lipinski definition) is 9. The molecule has 0 aliphatic carbocycles. The summed E-state index contributed by atoms with van der Waals surface area (Å²) in [5.41, 5.74) is 4.66. The van der Waals surface area contributed by atoms with Crippen molar-refractivity contribution in [1.82, 2.24) is 29.3 Å². The molecule has 0 unspecified atom stereocenters. The highest BCUT2D eigenvalue weighted by Crippen LogP contribution is 2.29. The lowest BCUT2D eigenvalue weighted by molar-refractivity contribution is 0.0536. The van der Waals surface area contributed by atoms with Crippen LogP contribution in [0.3, 0.4) is 0 Å². The molecule has 2 aromatic carbocycles. The molecule has 41 heavy (non-hydrogen) atoms. The maximum absolute atomic E-state index is 12.4. The summed E-state index contributed by atoms with van der Waals surface area (Å²) in [6.07, 6.45) is 4.53. The van der Waals surface area contributed by atoms with Gasteiger partial charge in [0.25, 0.3) is 0 Å². The molecule has 11 nitrogen and oxygen atoms in total. The highest BCUT2D eigenvalue weighted by molar-refractivity contribution is 5.84. The Bertz CT molecular complexity index is 1700. The number of ether oxygens (including phenoxy) is 2. The van der Waals surface area contributed by atoms with Crippen LogP contribution in [-0.2, 0) is 16.5 Å². The third-order valence-corrected chi connectivity index (χ3v) is 6.69. The van der Waals surface area contributed by atoms with Gasteiger partial charge in [0.05, 0.1) is 36.3 Å². The van der Waals surface area contributed by atoms with Gasteiger partial charge in [0.15, 0.2) is 0 Å². The van der Waals surface area contributed by atoms with Gasteiger partial charge in [0, 0.05) is 54.6 Å². The number of anilines is 3. The molecule has 0 amide bonds. The molecule has 0 spiro atoms. The Morgan fingerprint density at radius 1 is 0.976 bits per heavy atom. The molecule has 1 N–H and O–H groups in total. The van der Waals surface area contributed by atoms with E-state index in [1.165, 1.54) is 10.9 Å². The molecular formula is C30H32N8O3. The molecule has 1 aliphatic rings. The summed E-state index contributed by atoms with van der Waals surface area (Å²) in [7, 11) is 1.93. The van der Waals surface area contributed by atoms with Crippen molar-refractivity contribution in [3.05, 3.63) is 67.3 Å². The highest BCUT2D eigenvalue weighted by atomic mass is 16.6. The second-order valence-electron chi connectivity index (χ2n) is 10.9. The first-order valence-electron chi connectivity index (χ1n) is 13.5. The standard InChI is InChI=1S/C30H32N8O3/c1-30(2,3)41-29(39)38-18-25(31-19-38)20-7-9-23(10-8-20)33-27-16-24(34-28(35-27)37-11-13-40-14-12-37)21-5-6-22-17-32-36(4)26(22)15-21/h5-10,15-19H,11-14H2,1-4H3,(H,33,34,35). The van der Waals surface area contributed by atoms with E-state index in [0.717, 1.165) is 46.5 Å². The fourth-order valence-electron chi connectivity index (χ4n) is 4.61. The Morgan fingerprint density at radius 3 is 2.49 bits per heavy atom. The van der Waals surface area contributed by atoms with Crippen LogP contribution in [-0.4, -0.2) is 67.3 Å². The largest absolute Gasteiger partial charge is 0.443 e. The number of hydrogen-bond donors (Lipinski definition) is 1. The van der Waals surface area contributed by atoms with Crippen LogP contribution in [0.1, 0.15) is 20.8 Å². The van der Waals surface area contributed by atoms with Crippen LogP contribution in [0.15, 0.2) is 67.3 Å². The zero-order chi connectivity index (χ0) is 28.6. The second kappa shape index (κ2) is 10.7. The van der Waals surface area contributed by atoms with Gasteiger partial charge >= 0.3 is 6.09 Å². The van der Waals surface area contributed by atoms with Gasteiger partial charge in [-0.1, -0.05) is 24.3 Å². The van der Waals surface area contributed by atoms with Gasteiger partial charge < -0.3 is 19.7 Å². The van der Waals surface area contributed by atoms with Crippen molar-refractivity contribution in [2.24, 2.45) is 7.05 Å². The van der Waals surface area contributed by atoms with Gasteiger partial charge in [0.2, 0.25) is 5.95 Å². The first-order valence-corrected chi connectivity index (χ1v) is 13.5. The monoisotopic (exact) mass is 552 g/mol. The number of morpholine rings is 1. The number of rotatable bonds is 5. The highest BCUT2D eigenvalue weighted by Gasteiger charge is 2.19. The summed E-state index contributed by atoms with van der Waals surface area (Å²) in [6, 6.07) is 16.0. The van der Waals surface area contributed by atoms with Crippen molar-refractivity contribution in [2.45, 2.75) is 26.4 Å². The summed E-state index contributed by atoms with van der Waals surface area (Å²) in [4.78, 5) is 28.7. The van der Waals surface area contributed by atoms with Gasteiger partial charge in [-0.2, -0.15) is 10.1 Å². The zero-order valence-electron chi connectivity index (χ0n) is 23.5. The van der Waals surface area contributed by atoms with Gasteiger partial charge in [-0.15, -0.1) is 0 Å². The van der Waals surface area contributed by atoms with E-state index in [-0.39, 0.29) is 0 Å². The van der Waals surface area contributed by atoms with E-state index in [9.17, 15) is 4.79 Å². The topological polar surface area (TPSA) is 112 Å². The lowest BCUT2D eigenvalue weighted by Crippen LogP contribution is -2.37. The average Bonchev–Trinajstić information content (AvgIpc) is 3.60. The number of aryl methyl sites for hydroxylation is 1. The summed E-state index contributed by atoms with van der Waals surface area (Å²) in [6.45, 7) is 8.24. The number of carbonyl (C=O) groups is 1. The van der Waals surface area contributed by atoms with Crippen LogP contribution in [0.25, 0.3) is 33.4 Å². The summed E-state index contributed by atoms with van der Waals surface area (Å²) in [5.74, 6) is 1.34. The van der Waals surface area contributed by atoms with E-state index in [1.54, 1.807) is 6.20 Å². The first-order chi connectivity index (χ1) is 19.7. The smallest absolute Gasteiger partial charge is 0.419 e. The lowest BCUT2D eigenvalue weighted by Gasteiger charge is -2.27. The molecule has 4 heterocycles. The second-order valence-corrected chi connectivity index (χ2v) is 10.9. The fourth-order valence-corrected chi connectivity index (χ4v) is 4.61. The maximum atomic E-state index is 12.4. The Kier molecular flexibility index (Phi) is 6.88. The summed E-state index contributed by atoms with van der Waals surface area (Å²) in [5, 5.41) is 8.88. The van der Waals surface area contributed by atoms with Crippen LogP contribution in [0.4, 0.5) is 22.2 Å². The van der Waals surface area contributed by atoms with Gasteiger partial charge in [-0.05, 0) is 39.0 Å². The first kappa shape index (κ1) is 26.5. The molecule has 210 valence electrons. The third kappa shape index (κ3) is 5.90. The molecular weight excluding hydrogens is 520 g/mol. The third-order valence-electron chi connectivity index (χ3n) is 6.69. The Balaban J connectivity index is 1.26. The van der Waals surface area contributed by atoms with Crippen molar-refractivity contribution in [2.75, 3.05) is 36.5 Å². The lowest BCUT2D eigenvalue weighted by atomic mass is 10.1. The molecule has 1 saturated heterocycles. The molecule has 5 aromatic rings. The number of benzene rings is 2. The molecule has 0 bridgehead atoms. The van der Waals surface area contributed by atoms with Crippen LogP contribution >= 0.6 is 0 Å². The summed E-state index contributed by atoms with van der Waals surface area (Å²) >= 11 is 0. The maximum Gasteiger partial charge on any atom is 0.419 e. The minimum Gasteiger partial charge on any atom is -0.443 e. The van der Waals surface area contributed by atoms with Gasteiger partial charge in [-0.3, -0.25) is 4.68 Å². The number of carbonyl (C=O) groups excluding carboxylic acids is 1.